The van der Waals surface area contributed by atoms with Gasteiger partial charge in [-0.1, -0.05) is 6.42 Å². The number of hydrogen-bond acceptors (Lipinski definition) is 4. The average molecular weight is 249 g/mol. The van der Waals surface area contributed by atoms with Crippen molar-refractivity contribution >= 4 is 5.91 Å². The molecule has 2 atom stereocenters. The number of aromatic nitrogens is 2. The molecule has 1 heterocycles. The third-order valence-electron chi connectivity index (χ3n) is 3.32. The Labute approximate surface area is 107 Å². The van der Waals surface area contributed by atoms with Gasteiger partial charge in [0.1, 0.15) is 5.69 Å². The second-order valence-electron chi connectivity index (χ2n) is 4.94. The molecule has 1 amide bonds. The Balaban J connectivity index is 1.82. The molecule has 1 aliphatic rings. The first-order valence-electron chi connectivity index (χ1n) is 6.40. The van der Waals surface area contributed by atoms with Crippen molar-refractivity contribution in [2.24, 2.45) is 5.92 Å². The van der Waals surface area contributed by atoms with Crippen molar-refractivity contribution in [2.45, 2.75) is 38.7 Å². The molecule has 0 spiro atoms. The first kappa shape index (κ1) is 13.0. The maximum Gasteiger partial charge on any atom is 0.271 e. The van der Waals surface area contributed by atoms with Gasteiger partial charge in [-0.3, -0.25) is 9.78 Å². The van der Waals surface area contributed by atoms with E-state index in [1.165, 1.54) is 6.20 Å². The van der Waals surface area contributed by atoms with E-state index in [9.17, 15) is 9.90 Å². The highest BCUT2D eigenvalue weighted by atomic mass is 16.3. The van der Waals surface area contributed by atoms with Crippen molar-refractivity contribution in [3.05, 3.63) is 23.8 Å². The van der Waals surface area contributed by atoms with E-state index in [-0.39, 0.29) is 12.0 Å². The lowest BCUT2D eigenvalue weighted by molar-refractivity contribution is 0.0870. The summed E-state index contributed by atoms with van der Waals surface area (Å²) in [7, 11) is 0. The first-order valence-corrected chi connectivity index (χ1v) is 6.40. The number of nitrogens with zero attached hydrogens (tertiary/aromatic N) is 2. The number of nitrogens with one attached hydrogen (secondary N) is 1. The molecule has 0 aliphatic heterocycles. The van der Waals surface area contributed by atoms with Crippen LogP contribution in [-0.2, 0) is 0 Å². The monoisotopic (exact) mass is 249 g/mol. The van der Waals surface area contributed by atoms with Crippen LogP contribution in [-0.4, -0.2) is 33.6 Å². The van der Waals surface area contributed by atoms with Gasteiger partial charge in [-0.25, -0.2) is 4.98 Å². The van der Waals surface area contributed by atoms with Crippen molar-refractivity contribution in [3.63, 3.8) is 0 Å². The smallest absolute Gasteiger partial charge is 0.271 e. The standard InChI is InChI=1S/C13H19N3O2/c1-9-6-15-12(8-14-9)13(18)16-7-10-3-2-4-11(17)5-10/h6,8,10-11,17H,2-5,7H2,1H3,(H,16,18). The molecule has 98 valence electrons. The van der Waals surface area contributed by atoms with E-state index >= 15 is 0 Å². The number of aliphatic hydroxyl groups excluding tert-OH is 1. The van der Waals surface area contributed by atoms with Gasteiger partial charge in [-0.05, 0) is 32.1 Å². The molecule has 0 radical (unpaired) electrons. The van der Waals surface area contributed by atoms with Crippen LogP contribution in [0.5, 0.6) is 0 Å². The van der Waals surface area contributed by atoms with Gasteiger partial charge in [0.15, 0.2) is 0 Å². The molecular formula is C13H19N3O2. The zero-order chi connectivity index (χ0) is 13.0. The molecule has 2 unspecified atom stereocenters. The van der Waals surface area contributed by atoms with Crippen LogP contribution in [0.2, 0.25) is 0 Å². The van der Waals surface area contributed by atoms with E-state index in [0.717, 1.165) is 31.4 Å². The van der Waals surface area contributed by atoms with Crippen LogP contribution in [0.4, 0.5) is 0 Å². The molecule has 5 heteroatoms. The van der Waals surface area contributed by atoms with Gasteiger partial charge in [0.2, 0.25) is 0 Å². The third kappa shape index (κ3) is 3.50. The maximum atomic E-state index is 11.8. The summed E-state index contributed by atoms with van der Waals surface area (Å²) in [5.41, 5.74) is 1.14. The Bertz CT molecular complexity index is 405. The SMILES string of the molecule is Cc1cnc(C(=O)NCC2CCCC(O)C2)cn1. The van der Waals surface area contributed by atoms with E-state index in [1.807, 2.05) is 6.92 Å². The van der Waals surface area contributed by atoms with E-state index in [4.69, 9.17) is 0 Å². The number of hydrogen-bond donors (Lipinski definition) is 2. The normalized spacial score (nSPS) is 23.7. The molecule has 2 N–H and O–H groups in total. The van der Waals surface area contributed by atoms with Gasteiger partial charge in [-0.2, -0.15) is 0 Å². The van der Waals surface area contributed by atoms with Gasteiger partial charge in [-0.15, -0.1) is 0 Å². The Hall–Kier alpha value is -1.49. The van der Waals surface area contributed by atoms with E-state index in [1.54, 1.807) is 6.20 Å². The minimum Gasteiger partial charge on any atom is -0.393 e. The number of rotatable bonds is 3. The summed E-state index contributed by atoms with van der Waals surface area (Å²) in [5, 5.41) is 12.4. The fourth-order valence-electron chi connectivity index (χ4n) is 2.29. The Kier molecular flexibility index (Phi) is 4.25. The van der Waals surface area contributed by atoms with Crippen molar-refractivity contribution < 1.29 is 9.90 Å². The molecule has 1 saturated carbocycles. The van der Waals surface area contributed by atoms with Gasteiger partial charge in [0, 0.05) is 12.7 Å². The van der Waals surface area contributed by atoms with Crippen LogP contribution >= 0.6 is 0 Å². The van der Waals surface area contributed by atoms with Gasteiger partial charge in [0.05, 0.1) is 18.0 Å². The topological polar surface area (TPSA) is 75.1 Å². The van der Waals surface area contributed by atoms with Gasteiger partial charge >= 0.3 is 0 Å². The van der Waals surface area contributed by atoms with Crippen LogP contribution < -0.4 is 5.32 Å². The molecule has 0 saturated heterocycles. The van der Waals surface area contributed by atoms with E-state index in [2.05, 4.69) is 15.3 Å². The lowest BCUT2D eigenvalue weighted by atomic mass is 9.87. The van der Waals surface area contributed by atoms with Crippen LogP contribution in [0.1, 0.15) is 41.9 Å². The van der Waals surface area contributed by atoms with Crippen LogP contribution in [0.3, 0.4) is 0 Å². The average Bonchev–Trinajstić information content (AvgIpc) is 2.37. The number of carbonyl (C=O) groups is 1. The second kappa shape index (κ2) is 5.91. The number of aryl methyl sites for hydroxylation is 1. The molecule has 1 aromatic rings. The number of carbonyl (C=O) groups excluding carboxylic acids is 1. The van der Waals surface area contributed by atoms with Crippen molar-refractivity contribution in [1.29, 1.82) is 0 Å². The summed E-state index contributed by atoms with van der Waals surface area (Å²) >= 11 is 0. The molecule has 1 aliphatic carbocycles. The highest BCUT2D eigenvalue weighted by Gasteiger charge is 2.20. The summed E-state index contributed by atoms with van der Waals surface area (Å²) in [5.74, 6) is 0.179. The van der Waals surface area contributed by atoms with Crippen LogP contribution in [0.25, 0.3) is 0 Å². The summed E-state index contributed by atoms with van der Waals surface area (Å²) in [6.45, 7) is 2.43. The zero-order valence-corrected chi connectivity index (χ0v) is 10.6. The van der Waals surface area contributed by atoms with Crippen molar-refractivity contribution in [2.75, 3.05) is 6.54 Å². The minimum atomic E-state index is -0.209. The third-order valence-corrected chi connectivity index (χ3v) is 3.32. The fraction of sp³-hybridized carbons (Fsp3) is 0.615. The minimum absolute atomic E-state index is 0.192. The number of aliphatic hydroxyl groups is 1. The predicted molar refractivity (Wildman–Crippen MR) is 67.1 cm³/mol. The summed E-state index contributed by atoms with van der Waals surface area (Å²) in [6.07, 6.45) is 6.62. The summed E-state index contributed by atoms with van der Waals surface area (Å²) < 4.78 is 0. The molecule has 18 heavy (non-hydrogen) atoms. The van der Waals surface area contributed by atoms with E-state index in [0.29, 0.717) is 18.2 Å². The molecule has 1 aromatic heterocycles. The molecule has 5 nitrogen and oxygen atoms in total. The maximum absolute atomic E-state index is 11.8. The fourth-order valence-corrected chi connectivity index (χ4v) is 2.29. The highest BCUT2D eigenvalue weighted by Crippen LogP contribution is 2.23. The first-order chi connectivity index (χ1) is 8.65. The Morgan fingerprint density at radius 1 is 1.44 bits per heavy atom. The van der Waals surface area contributed by atoms with E-state index < -0.39 is 0 Å². The van der Waals surface area contributed by atoms with Crippen LogP contribution in [0.15, 0.2) is 12.4 Å². The molecular weight excluding hydrogens is 230 g/mol. The van der Waals surface area contributed by atoms with Crippen molar-refractivity contribution in [1.82, 2.24) is 15.3 Å². The predicted octanol–water partition coefficient (Wildman–Crippen LogP) is 1.07. The zero-order valence-electron chi connectivity index (χ0n) is 10.6. The Morgan fingerprint density at radius 2 is 2.28 bits per heavy atom. The molecule has 1 fully saturated rings. The largest absolute Gasteiger partial charge is 0.393 e. The quantitative estimate of drug-likeness (QED) is 0.840. The summed E-state index contributed by atoms with van der Waals surface area (Å²) in [6, 6.07) is 0. The number of amides is 1. The lowest BCUT2D eigenvalue weighted by Crippen LogP contribution is -2.33. The van der Waals surface area contributed by atoms with Crippen molar-refractivity contribution in [3.8, 4) is 0 Å². The second-order valence-corrected chi connectivity index (χ2v) is 4.94. The molecule has 0 bridgehead atoms. The molecule has 2 rings (SSSR count). The Morgan fingerprint density at radius 3 is 2.94 bits per heavy atom. The van der Waals surface area contributed by atoms with Gasteiger partial charge in [0.25, 0.3) is 5.91 Å². The van der Waals surface area contributed by atoms with Crippen LogP contribution in [0, 0.1) is 12.8 Å². The molecule has 0 aromatic carbocycles. The lowest BCUT2D eigenvalue weighted by Gasteiger charge is -2.25. The van der Waals surface area contributed by atoms with Gasteiger partial charge < -0.3 is 10.4 Å². The highest BCUT2D eigenvalue weighted by molar-refractivity contribution is 5.91. The summed E-state index contributed by atoms with van der Waals surface area (Å²) in [4.78, 5) is 19.9.